The van der Waals surface area contributed by atoms with Gasteiger partial charge in [-0.3, -0.25) is 0 Å². The fraction of sp³-hybridized carbons (Fsp3) is 0.286. The van der Waals surface area contributed by atoms with Gasteiger partial charge in [-0.15, -0.1) is 0 Å². The van der Waals surface area contributed by atoms with Crippen molar-refractivity contribution in [1.29, 1.82) is 0 Å². The van der Waals surface area contributed by atoms with Crippen molar-refractivity contribution in [3.8, 4) is 0 Å². The molecule has 0 bridgehead atoms. The molecule has 1 heterocycles. The molecule has 1 nitrogen and oxygen atoms in total. The van der Waals surface area contributed by atoms with Crippen LogP contribution in [0.1, 0.15) is 11.3 Å². The maximum atomic E-state index is 12.5. The third-order valence-electron chi connectivity index (χ3n) is 1.40. The number of nitrogens with zero attached hydrogens (tertiary/aromatic N) is 1. The van der Waals surface area contributed by atoms with Gasteiger partial charge in [-0.2, -0.15) is 17.6 Å². The van der Waals surface area contributed by atoms with Crippen LogP contribution < -0.4 is 0 Å². The first kappa shape index (κ1) is 10.2. The van der Waals surface area contributed by atoms with E-state index in [1.54, 1.807) is 0 Å². The van der Waals surface area contributed by atoms with E-state index < -0.39 is 22.7 Å². The summed E-state index contributed by atoms with van der Waals surface area (Å²) in [6.07, 6.45) is -4.65. The molecular formula is C7H4ClF4N. The number of pyridine rings is 1. The molecule has 1 aromatic heterocycles. The van der Waals surface area contributed by atoms with Crippen LogP contribution in [0.4, 0.5) is 17.6 Å². The Morgan fingerprint density at radius 1 is 1.38 bits per heavy atom. The molecule has 0 radical (unpaired) electrons. The second kappa shape index (κ2) is 3.14. The molecule has 72 valence electrons. The first-order valence-corrected chi connectivity index (χ1v) is 3.60. The van der Waals surface area contributed by atoms with Gasteiger partial charge in [0.1, 0.15) is 0 Å². The van der Waals surface area contributed by atoms with Crippen molar-refractivity contribution >= 4 is 11.6 Å². The van der Waals surface area contributed by atoms with Gasteiger partial charge < -0.3 is 0 Å². The van der Waals surface area contributed by atoms with Crippen molar-refractivity contribution in [2.45, 2.75) is 13.1 Å². The summed E-state index contributed by atoms with van der Waals surface area (Å²) in [5, 5.41) is -0.561. The lowest BCUT2D eigenvalue weighted by Crippen LogP contribution is -2.08. The lowest BCUT2D eigenvalue weighted by Gasteiger charge is -2.09. The Labute approximate surface area is 76.3 Å². The highest BCUT2D eigenvalue weighted by Crippen LogP contribution is 2.35. The lowest BCUT2D eigenvalue weighted by molar-refractivity contribution is -0.137. The minimum atomic E-state index is -4.65. The molecule has 0 fully saturated rings. The summed E-state index contributed by atoms with van der Waals surface area (Å²) in [5.74, 6) is -1.19. The van der Waals surface area contributed by atoms with E-state index in [1.165, 1.54) is 6.92 Å². The van der Waals surface area contributed by atoms with E-state index in [4.69, 9.17) is 11.6 Å². The van der Waals surface area contributed by atoms with Crippen LogP contribution in [-0.4, -0.2) is 4.98 Å². The number of aromatic nitrogens is 1. The second-order valence-corrected chi connectivity index (χ2v) is 2.77. The molecule has 13 heavy (non-hydrogen) atoms. The van der Waals surface area contributed by atoms with Crippen LogP contribution in [0.3, 0.4) is 0 Å². The zero-order valence-corrected chi connectivity index (χ0v) is 7.17. The zero-order valence-electron chi connectivity index (χ0n) is 6.41. The molecule has 0 unspecified atom stereocenters. The average molecular weight is 214 g/mol. The number of hydrogen-bond donors (Lipinski definition) is 0. The van der Waals surface area contributed by atoms with Crippen molar-refractivity contribution < 1.29 is 17.6 Å². The fourth-order valence-electron chi connectivity index (χ4n) is 0.825. The molecule has 0 saturated heterocycles. The van der Waals surface area contributed by atoms with Crippen molar-refractivity contribution in [2.75, 3.05) is 0 Å². The maximum Gasteiger partial charge on any atom is 0.418 e. The average Bonchev–Trinajstić information content (AvgIpc) is 1.94. The molecule has 0 saturated carbocycles. The Hall–Kier alpha value is -0.840. The molecule has 0 aliphatic carbocycles. The van der Waals surface area contributed by atoms with Crippen molar-refractivity contribution in [3.05, 3.63) is 28.3 Å². The van der Waals surface area contributed by atoms with Crippen LogP contribution in [0.15, 0.2) is 6.07 Å². The summed E-state index contributed by atoms with van der Waals surface area (Å²) in [6.45, 7) is 1.21. The highest BCUT2D eigenvalue weighted by Gasteiger charge is 2.34. The molecule has 1 aromatic rings. The summed E-state index contributed by atoms with van der Waals surface area (Å²) >= 11 is 5.30. The first-order valence-electron chi connectivity index (χ1n) is 3.22. The summed E-state index contributed by atoms with van der Waals surface area (Å²) in [6, 6.07) is 0.273. The zero-order chi connectivity index (χ0) is 10.2. The highest BCUT2D eigenvalue weighted by molar-refractivity contribution is 6.32. The number of alkyl halides is 3. The van der Waals surface area contributed by atoms with E-state index >= 15 is 0 Å². The van der Waals surface area contributed by atoms with Crippen LogP contribution in [0.25, 0.3) is 0 Å². The van der Waals surface area contributed by atoms with Gasteiger partial charge in [0.05, 0.1) is 16.3 Å². The van der Waals surface area contributed by atoms with Gasteiger partial charge in [-0.1, -0.05) is 11.6 Å². The van der Waals surface area contributed by atoms with E-state index in [0.29, 0.717) is 0 Å². The molecule has 0 atom stereocenters. The first-order chi connectivity index (χ1) is 5.82. The van der Waals surface area contributed by atoms with Crippen molar-refractivity contribution in [2.24, 2.45) is 0 Å². The van der Waals surface area contributed by atoms with E-state index in [1.807, 2.05) is 0 Å². The van der Waals surface area contributed by atoms with Crippen molar-refractivity contribution in [3.63, 3.8) is 0 Å². The molecule has 0 aliphatic rings. The molecule has 1 rings (SSSR count). The van der Waals surface area contributed by atoms with Gasteiger partial charge in [0.25, 0.3) is 0 Å². The Kier molecular flexibility index (Phi) is 2.47. The SMILES string of the molecule is Cc1nc(F)cc(C(F)(F)F)c1Cl. The topological polar surface area (TPSA) is 12.9 Å². The number of rotatable bonds is 0. The highest BCUT2D eigenvalue weighted by atomic mass is 35.5. The van der Waals surface area contributed by atoms with E-state index in [9.17, 15) is 17.6 Å². The maximum absolute atomic E-state index is 12.5. The molecule has 0 spiro atoms. The summed E-state index contributed by atoms with van der Waals surface area (Å²) < 4.78 is 48.9. The van der Waals surface area contributed by atoms with E-state index in [-0.39, 0.29) is 11.8 Å². The predicted octanol–water partition coefficient (Wildman–Crippen LogP) is 3.20. The summed E-state index contributed by atoms with van der Waals surface area (Å²) in [4.78, 5) is 3.15. The lowest BCUT2D eigenvalue weighted by atomic mass is 10.2. The number of hydrogen-bond acceptors (Lipinski definition) is 1. The third-order valence-corrected chi connectivity index (χ3v) is 1.87. The normalized spacial score (nSPS) is 11.8. The second-order valence-electron chi connectivity index (χ2n) is 2.39. The van der Waals surface area contributed by atoms with Gasteiger partial charge >= 0.3 is 6.18 Å². The minimum Gasteiger partial charge on any atom is -0.224 e. The predicted molar refractivity (Wildman–Crippen MR) is 38.9 cm³/mol. The molecule has 0 aliphatic heterocycles. The monoisotopic (exact) mass is 213 g/mol. The van der Waals surface area contributed by atoms with Gasteiger partial charge in [0.2, 0.25) is 5.95 Å². The Balaban J connectivity index is 3.37. The Morgan fingerprint density at radius 2 is 1.92 bits per heavy atom. The van der Waals surface area contributed by atoms with Crippen LogP contribution in [0.2, 0.25) is 5.02 Å². The fourth-order valence-corrected chi connectivity index (χ4v) is 1.03. The minimum absolute atomic E-state index is 0.172. The standard InChI is InChI=1S/C7H4ClF4N/c1-3-6(8)4(7(10,11)12)2-5(9)13-3/h2H,1H3. The van der Waals surface area contributed by atoms with E-state index in [2.05, 4.69) is 4.98 Å². The Morgan fingerprint density at radius 3 is 2.38 bits per heavy atom. The quantitative estimate of drug-likeness (QED) is 0.476. The largest absolute Gasteiger partial charge is 0.418 e. The number of aryl methyl sites for hydroxylation is 1. The molecular weight excluding hydrogens is 210 g/mol. The van der Waals surface area contributed by atoms with Crippen LogP contribution >= 0.6 is 11.6 Å². The van der Waals surface area contributed by atoms with Crippen LogP contribution in [0, 0.1) is 12.9 Å². The van der Waals surface area contributed by atoms with Gasteiger partial charge in [0, 0.05) is 6.07 Å². The van der Waals surface area contributed by atoms with Gasteiger partial charge in [0.15, 0.2) is 0 Å². The summed E-state index contributed by atoms with van der Waals surface area (Å²) in [5.41, 5.74) is -1.37. The molecule has 6 heteroatoms. The molecule has 0 N–H and O–H groups in total. The summed E-state index contributed by atoms with van der Waals surface area (Å²) in [7, 11) is 0. The Bertz CT molecular complexity index is 334. The van der Waals surface area contributed by atoms with Crippen LogP contribution in [-0.2, 0) is 6.18 Å². The van der Waals surface area contributed by atoms with Gasteiger partial charge in [-0.05, 0) is 6.92 Å². The third kappa shape index (κ3) is 2.09. The number of halogens is 5. The van der Waals surface area contributed by atoms with Gasteiger partial charge in [-0.25, -0.2) is 4.98 Å². The smallest absolute Gasteiger partial charge is 0.224 e. The van der Waals surface area contributed by atoms with Crippen molar-refractivity contribution in [1.82, 2.24) is 4.98 Å². The van der Waals surface area contributed by atoms with E-state index in [0.717, 1.165) is 0 Å². The van der Waals surface area contributed by atoms with Crippen LogP contribution in [0.5, 0.6) is 0 Å². The molecule has 0 aromatic carbocycles. The molecule has 0 amide bonds.